The summed E-state index contributed by atoms with van der Waals surface area (Å²) in [5, 5.41) is 10.4. The number of rotatable bonds is 8. The lowest BCUT2D eigenvalue weighted by Crippen LogP contribution is -2.57. The zero-order valence-corrected chi connectivity index (χ0v) is 25.9. The van der Waals surface area contributed by atoms with Crippen LogP contribution < -0.4 is 0 Å². The molecule has 1 spiro atoms. The Kier molecular flexibility index (Phi) is 6.92. The molecule has 0 bridgehead atoms. The third kappa shape index (κ3) is 3.91. The monoisotopic (exact) mass is 556 g/mol. The van der Waals surface area contributed by atoms with Crippen LogP contribution in [0.2, 0.25) is 0 Å². The van der Waals surface area contributed by atoms with Crippen molar-refractivity contribution in [3.63, 3.8) is 0 Å². The van der Waals surface area contributed by atoms with Gasteiger partial charge in [0, 0.05) is 12.5 Å². The van der Waals surface area contributed by atoms with Crippen LogP contribution in [0.4, 0.5) is 0 Å². The standard InChI is InChI=1S/C34H52O4S/c1-21(2)29(35)19-30(39(36,37)24-10-8-7-9-11-24)22(3)26-12-13-27-25-18-31(38-6)34-20-23(34)14-17-33(34,5)28(25)15-16-32(26,27)4/h7-11,21-23,25-31,35H,12-20H2,1-6H3/t22-,23+,25-,26+,27-,28-,29+,30?,31+,32+,33+,34-/m0/s1. The summed E-state index contributed by atoms with van der Waals surface area (Å²) in [4.78, 5) is 0.398. The molecular weight excluding hydrogens is 504 g/mol. The summed E-state index contributed by atoms with van der Waals surface area (Å²) in [5.41, 5.74) is 0.991. The molecule has 0 amide bonds. The van der Waals surface area contributed by atoms with Crippen molar-refractivity contribution in [3.05, 3.63) is 30.3 Å². The first-order valence-corrected chi connectivity index (χ1v) is 17.5. The Hall–Kier alpha value is -0.910. The van der Waals surface area contributed by atoms with Gasteiger partial charge in [0.25, 0.3) is 0 Å². The molecule has 0 aliphatic heterocycles. The smallest absolute Gasteiger partial charge is 0.181 e. The molecule has 1 unspecified atom stereocenters. The maximum absolute atomic E-state index is 14.1. The topological polar surface area (TPSA) is 63.6 Å². The molecule has 39 heavy (non-hydrogen) atoms. The number of ether oxygens (including phenoxy) is 1. The van der Waals surface area contributed by atoms with E-state index in [1.165, 1.54) is 44.9 Å². The largest absolute Gasteiger partial charge is 0.393 e. The van der Waals surface area contributed by atoms with E-state index in [-0.39, 0.29) is 17.3 Å². The van der Waals surface area contributed by atoms with Gasteiger partial charge in [0.15, 0.2) is 9.84 Å². The predicted octanol–water partition coefficient (Wildman–Crippen LogP) is 7.16. The van der Waals surface area contributed by atoms with E-state index in [4.69, 9.17) is 4.74 Å². The highest BCUT2D eigenvalue weighted by atomic mass is 32.2. The van der Waals surface area contributed by atoms with Crippen molar-refractivity contribution in [2.24, 2.45) is 57.7 Å². The Morgan fingerprint density at radius 2 is 1.72 bits per heavy atom. The Morgan fingerprint density at radius 1 is 1.00 bits per heavy atom. The minimum Gasteiger partial charge on any atom is -0.393 e. The molecule has 0 radical (unpaired) electrons. The maximum Gasteiger partial charge on any atom is 0.181 e. The number of aliphatic hydroxyl groups is 1. The molecule has 6 rings (SSSR count). The SMILES string of the molecule is CO[C@@H]1C[C@H]2[C@@H]3CC[C@H]([C@H](C)C(C[C@@H](O)C(C)C)S(=O)(=O)c4ccccc4)[C@@]3(C)CC[C@@H]2[C@@]2(C)CC[C@@H]3C[C@]312. The summed E-state index contributed by atoms with van der Waals surface area (Å²) in [6, 6.07) is 8.97. The summed E-state index contributed by atoms with van der Waals surface area (Å²) in [5.74, 6) is 3.39. The zero-order valence-electron chi connectivity index (χ0n) is 25.1. The molecule has 5 saturated carbocycles. The van der Waals surface area contributed by atoms with Crippen LogP contribution in [-0.2, 0) is 14.6 Å². The molecule has 4 nitrogen and oxygen atoms in total. The number of aliphatic hydroxyl groups excluding tert-OH is 1. The van der Waals surface area contributed by atoms with Crippen molar-refractivity contribution in [2.45, 2.75) is 115 Å². The van der Waals surface area contributed by atoms with Crippen LogP contribution in [0.15, 0.2) is 35.2 Å². The second kappa shape index (κ2) is 9.56. The number of methoxy groups -OCH3 is 1. The van der Waals surface area contributed by atoms with Gasteiger partial charge in [0.2, 0.25) is 0 Å². The number of fused-ring (bicyclic) bond motifs is 4. The molecule has 1 N–H and O–H groups in total. The molecule has 5 aliphatic rings. The lowest BCUT2D eigenvalue weighted by atomic mass is 9.45. The lowest BCUT2D eigenvalue weighted by Gasteiger charge is -2.61. The average Bonchev–Trinajstić information content (AvgIpc) is 3.42. The molecular formula is C34H52O4S. The molecule has 0 saturated heterocycles. The van der Waals surface area contributed by atoms with Gasteiger partial charge in [-0.05, 0) is 122 Å². The molecule has 1 aromatic rings. The molecule has 218 valence electrons. The highest BCUT2D eigenvalue weighted by molar-refractivity contribution is 7.92. The second-order valence-corrected chi connectivity index (χ2v) is 17.4. The van der Waals surface area contributed by atoms with Crippen molar-refractivity contribution < 1.29 is 18.3 Å². The third-order valence-electron chi connectivity index (χ3n) is 13.8. The van der Waals surface area contributed by atoms with E-state index in [9.17, 15) is 13.5 Å². The predicted molar refractivity (Wildman–Crippen MR) is 156 cm³/mol. The van der Waals surface area contributed by atoms with E-state index >= 15 is 0 Å². The van der Waals surface area contributed by atoms with Gasteiger partial charge < -0.3 is 9.84 Å². The highest BCUT2D eigenvalue weighted by Crippen LogP contribution is 2.82. The van der Waals surface area contributed by atoms with E-state index < -0.39 is 21.2 Å². The van der Waals surface area contributed by atoms with Gasteiger partial charge in [-0.2, -0.15) is 0 Å². The number of hydrogen-bond acceptors (Lipinski definition) is 4. The first-order valence-electron chi connectivity index (χ1n) is 15.9. The van der Waals surface area contributed by atoms with Crippen molar-refractivity contribution in [1.29, 1.82) is 0 Å². The fourth-order valence-corrected chi connectivity index (χ4v) is 13.8. The summed E-state index contributed by atoms with van der Waals surface area (Å²) in [6.07, 6.45) is 10.2. The van der Waals surface area contributed by atoms with Crippen LogP contribution >= 0.6 is 0 Å². The highest BCUT2D eigenvalue weighted by Gasteiger charge is 2.77. The van der Waals surface area contributed by atoms with Crippen molar-refractivity contribution in [1.82, 2.24) is 0 Å². The Bertz CT molecular complexity index is 1160. The second-order valence-electron chi connectivity index (χ2n) is 15.3. The van der Waals surface area contributed by atoms with Crippen LogP contribution in [0.5, 0.6) is 0 Å². The van der Waals surface area contributed by atoms with E-state index in [1.54, 1.807) is 12.1 Å². The van der Waals surface area contributed by atoms with E-state index in [0.29, 0.717) is 46.0 Å². The van der Waals surface area contributed by atoms with Crippen LogP contribution in [0.1, 0.15) is 92.4 Å². The van der Waals surface area contributed by atoms with Crippen LogP contribution in [0.25, 0.3) is 0 Å². The van der Waals surface area contributed by atoms with Crippen molar-refractivity contribution >= 4 is 9.84 Å². The van der Waals surface area contributed by atoms with E-state index in [2.05, 4.69) is 20.8 Å². The zero-order chi connectivity index (χ0) is 28.0. The quantitative estimate of drug-likeness (QED) is 0.369. The fraction of sp³-hybridized carbons (Fsp3) is 0.824. The summed E-state index contributed by atoms with van der Waals surface area (Å²) < 4.78 is 34.6. The van der Waals surface area contributed by atoms with E-state index in [1.807, 2.05) is 39.2 Å². The van der Waals surface area contributed by atoms with Gasteiger partial charge in [-0.15, -0.1) is 0 Å². The van der Waals surface area contributed by atoms with Gasteiger partial charge in [0.05, 0.1) is 22.4 Å². The molecule has 5 aliphatic carbocycles. The number of sulfone groups is 1. The summed E-state index contributed by atoms with van der Waals surface area (Å²) in [7, 11) is -1.62. The van der Waals surface area contributed by atoms with Crippen LogP contribution in [-0.4, -0.2) is 38.1 Å². The molecule has 12 atom stereocenters. The normalized spacial score (nSPS) is 45.1. The molecule has 1 aromatic carbocycles. The minimum absolute atomic E-state index is 0.00168. The van der Waals surface area contributed by atoms with Crippen molar-refractivity contribution in [3.8, 4) is 0 Å². The number of hydrogen-bond donors (Lipinski definition) is 1. The molecule has 5 heteroatoms. The van der Waals surface area contributed by atoms with Crippen LogP contribution in [0.3, 0.4) is 0 Å². The summed E-state index contributed by atoms with van der Waals surface area (Å²) in [6.45, 7) is 11.3. The fourth-order valence-electron chi connectivity index (χ4n) is 11.7. The van der Waals surface area contributed by atoms with Gasteiger partial charge >= 0.3 is 0 Å². The Morgan fingerprint density at radius 3 is 2.36 bits per heavy atom. The molecule has 0 heterocycles. The first-order chi connectivity index (χ1) is 18.4. The summed E-state index contributed by atoms with van der Waals surface area (Å²) >= 11 is 0. The van der Waals surface area contributed by atoms with Gasteiger partial charge in [-0.1, -0.05) is 52.8 Å². The first kappa shape index (κ1) is 28.2. The Balaban J connectivity index is 1.31. The minimum atomic E-state index is -3.57. The maximum atomic E-state index is 14.1. The van der Waals surface area contributed by atoms with Crippen LogP contribution in [0, 0.1) is 57.7 Å². The lowest BCUT2D eigenvalue weighted by molar-refractivity contribution is -0.161. The van der Waals surface area contributed by atoms with Gasteiger partial charge in [0.1, 0.15) is 0 Å². The van der Waals surface area contributed by atoms with E-state index in [0.717, 1.165) is 18.3 Å². The third-order valence-corrected chi connectivity index (χ3v) is 16.2. The van der Waals surface area contributed by atoms with Gasteiger partial charge in [-0.3, -0.25) is 0 Å². The Labute approximate surface area is 237 Å². The molecule has 5 fully saturated rings. The molecule has 0 aromatic heterocycles. The van der Waals surface area contributed by atoms with Crippen molar-refractivity contribution in [2.75, 3.05) is 7.11 Å². The number of benzene rings is 1. The average molecular weight is 557 g/mol. The van der Waals surface area contributed by atoms with Gasteiger partial charge in [-0.25, -0.2) is 8.42 Å².